The molecule has 27 heavy (non-hydrogen) atoms. The van der Waals surface area contributed by atoms with E-state index in [4.69, 9.17) is 9.47 Å². The lowest BCUT2D eigenvalue weighted by atomic mass is 10.1. The number of ether oxygens (including phenoxy) is 2. The molecule has 7 nitrogen and oxygen atoms in total. The largest absolute Gasteiger partial charge is 0.484 e. The number of amides is 1. The molecule has 0 spiro atoms. The Morgan fingerprint density at radius 2 is 2.04 bits per heavy atom. The van der Waals surface area contributed by atoms with E-state index in [1.54, 1.807) is 30.5 Å². The molecule has 1 aromatic heterocycles. The molecule has 2 aromatic rings. The first-order valence-corrected chi connectivity index (χ1v) is 8.90. The molecule has 1 N–H and O–H groups in total. The summed E-state index contributed by atoms with van der Waals surface area (Å²) in [5.41, 5.74) is 1.50. The fourth-order valence-electron chi connectivity index (χ4n) is 2.83. The van der Waals surface area contributed by atoms with Crippen LogP contribution in [0, 0.1) is 0 Å². The van der Waals surface area contributed by atoms with Crippen LogP contribution < -0.4 is 15.0 Å². The maximum Gasteiger partial charge on any atom is 0.258 e. The predicted molar refractivity (Wildman–Crippen MR) is 101 cm³/mol. The summed E-state index contributed by atoms with van der Waals surface area (Å²) in [5.74, 6) is 1.08. The van der Waals surface area contributed by atoms with E-state index in [0.717, 1.165) is 24.5 Å². The summed E-state index contributed by atoms with van der Waals surface area (Å²) in [7, 11) is 0. The van der Waals surface area contributed by atoms with Crippen molar-refractivity contribution in [2.45, 2.75) is 13.5 Å². The normalized spacial score (nSPS) is 13.9. The smallest absolute Gasteiger partial charge is 0.258 e. The third kappa shape index (κ3) is 5.27. The van der Waals surface area contributed by atoms with Crippen LogP contribution in [0.4, 0.5) is 5.82 Å². The number of ketones is 1. The van der Waals surface area contributed by atoms with Crippen LogP contribution in [0.15, 0.2) is 42.6 Å². The van der Waals surface area contributed by atoms with Gasteiger partial charge >= 0.3 is 0 Å². The summed E-state index contributed by atoms with van der Waals surface area (Å²) < 4.78 is 10.9. The predicted octanol–water partition coefficient (Wildman–Crippen LogP) is 1.82. The van der Waals surface area contributed by atoms with Crippen LogP contribution in [0.3, 0.4) is 0 Å². The number of carbonyl (C=O) groups is 2. The van der Waals surface area contributed by atoms with Gasteiger partial charge in [-0.3, -0.25) is 9.59 Å². The van der Waals surface area contributed by atoms with Crippen molar-refractivity contribution in [3.05, 3.63) is 53.7 Å². The van der Waals surface area contributed by atoms with Crippen molar-refractivity contribution in [2.24, 2.45) is 0 Å². The number of benzene rings is 1. The molecule has 2 heterocycles. The van der Waals surface area contributed by atoms with Crippen LogP contribution in [0.25, 0.3) is 0 Å². The first-order chi connectivity index (χ1) is 13.1. The number of pyridine rings is 1. The Labute approximate surface area is 158 Å². The summed E-state index contributed by atoms with van der Waals surface area (Å²) in [6, 6.07) is 10.6. The SMILES string of the molecule is CC(=O)c1cccc(OCC(=O)NCc2cccnc2N2CCOCC2)c1. The molecule has 0 bridgehead atoms. The molecule has 1 aliphatic rings. The van der Waals surface area contributed by atoms with Gasteiger partial charge in [-0.1, -0.05) is 18.2 Å². The number of nitrogens with one attached hydrogen (secondary N) is 1. The molecule has 0 radical (unpaired) electrons. The van der Waals surface area contributed by atoms with Crippen molar-refractivity contribution in [3.8, 4) is 5.75 Å². The summed E-state index contributed by atoms with van der Waals surface area (Å²) in [5, 5.41) is 2.86. The Balaban J connectivity index is 1.54. The highest BCUT2D eigenvalue weighted by Crippen LogP contribution is 2.18. The molecule has 0 aliphatic carbocycles. The Hall–Kier alpha value is -2.93. The molecule has 3 rings (SSSR count). The molecule has 7 heteroatoms. The summed E-state index contributed by atoms with van der Waals surface area (Å²) >= 11 is 0. The third-order valence-electron chi connectivity index (χ3n) is 4.26. The number of morpholine rings is 1. The lowest BCUT2D eigenvalue weighted by Gasteiger charge is -2.29. The Kier molecular flexibility index (Phi) is 6.38. The van der Waals surface area contributed by atoms with Crippen molar-refractivity contribution in [1.29, 1.82) is 0 Å². The van der Waals surface area contributed by atoms with E-state index in [1.165, 1.54) is 6.92 Å². The maximum atomic E-state index is 12.1. The molecule has 1 aliphatic heterocycles. The number of hydrogen-bond acceptors (Lipinski definition) is 6. The Morgan fingerprint density at radius 1 is 1.22 bits per heavy atom. The summed E-state index contributed by atoms with van der Waals surface area (Å²) in [6.07, 6.45) is 1.75. The average Bonchev–Trinajstić information content (AvgIpc) is 2.72. The molecule has 1 fully saturated rings. The van der Waals surface area contributed by atoms with Gasteiger partial charge in [0.1, 0.15) is 11.6 Å². The van der Waals surface area contributed by atoms with E-state index >= 15 is 0 Å². The van der Waals surface area contributed by atoms with E-state index in [0.29, 0.717) is 31.1 Å². The van der Waals surface area contributed by atoms with Crippen molar-refractivity contribution in [1.82, 2.24) is 10.3 Å². The molecule has 0 saturated carbocycles. The van der Waals surface area contributed by atoms with Crippen LogP contribution in [0.1, 0.15) is 22.8 Å². The average molecular weight is 369 g/mol. The molecule has 0 atom stereocenters. The van der Waals surface area contributed by atoms with Gasteiger partial charge in [0, 0.05) is 37.0 Å². The van der Waals surface area contributed by atoms with E-state index in [9.17, 15) is 9.59 Å². The molecule has 1 amide bonds. The van der Waals surface area contributed by atoms with Gasteiger partial charge in [0.2, 0.25) is 0 Å². The van der Waals surface area contributed by atoms with Crippen LogP contribution in [-0.2, 0) is 16.1 Å². The van der Waals surface area contributed by atoms with Gasteiger partial charge < -0.3 is 19.7 Å². The van der Waals surface area contributed by atoms with Crippen molar-refractivity contribution in [2.75, 3.05) is 37.8 Å². The van der Waals surface area contributed by atoms with E-state index in [1.807, 2.05) is 12.1 Å². The zero-order chi connectivity index (χ0) is 19.1. The first-order valence-electron chi connectivity index (χ1n) is 8.90. The van der Waals surface area contributed by atoms with Crippen LogP contribution in [-0.4, -0.2) is 49.6 Å². The van der Waals surface area contributed by atoms with Gasteiger partial charge in [-0.05, 0) is 25.1 Å². The number of hydrogen-bond donors (Lipinski definition) is 1. The highest BCUT2D eigenvalue weighted by Gasteiger charge is 2.16. The van der Waals surface area contributed by atoms with Gasteiger partial charge in [-0.25, -0.2) is 4.98 Å². The van der Waals surface area contributed by atoms with E-state index in [2.05, 4.69) is 15.2 Å². The van der Waals surface area contributed by atoms with Gasteiger partial charge in [0.15, 0.2) is 12.4 Å². The Morgan fingerprint density at radius 3 is 2.81 bits per heavy atom. The standard InChI is InChI=1S/C20H23N3O4/c1-15(24)16-4-2-6-18(12-16)27-14-19(25)22-13-17-5-3-7-21-20(17)23-8-10-26-11-9-23/h2-7,12H,8-11,13-14H2,1H3,(H,22,25). The Bertz CT molecular complexity index is 803. The zero-order valence-corrected chi connectivity index (χ0v) is 15.3. The first kappa shape index (κ1) is 18.8. The second-order valence-corrected chi connectivity index (χ2v) is 6.23. The molecule has 1 aromatic carbocycles. The molecule has 1 saturated heterocycles. The minimum Gasteiger partial charge on any atom is -0.484 e. The van der Waals surface area contributed by atoms with Crippen LogP contribution in [0.5, 0.6) is 5.75 Å². The van der Waals surface area contributed by atoms with Gasteiger partial charge in [-0.2, -0.15) is 0 Å². The maximum absolute atomic E-state index is 12.1. The van der Waals surface area contributed by atoms with E-state index < -0.39 is 0 Å². The highest BCUT2D eigenvalue weighted by atomic mass is 16.5. The quantitative estimate of drug-likeness (QED) is 0.750. The van der Waals surface area contributed by atoms with Gasteiger partial charge in [0.25, 0.3) is 5.91 Å². The lowest BCUT2D eigenvalue weighted by Crippen LogP contribution is -2.38. The van der Waals surface area contributed by atoms with Crippen LogP contribution >= 0.6 is 0 Å². The molecular formula is C20H23N3O4. The summed E-state index contributed by atoms with van der Waals surface area (Å²) in [6.45, 7) is 4.67. The number of aromatic nitrogens is 1. The fourth-order valence-corrected chi connectivity index (χ4v) is 2.83. The summed E-state index contributed by atoms with van der Waals surface area (Å²) in [4.78, 5) is 30.2. The lowest BCUT2D eigenvalue weighted by molar-refractivity contribution is -0.123. The number of rotatable bonds is 7. The van der Waals surface area contributed by atoms with Gasteiger partial charge in [-0.15, -0.1) is 0 Å². The number of nitrogens with zero attached hydrogens (tertiary/aromatic N) is 2. The number of anilines is 1. The third-order valence-corrected chi connectivity index (χ3v) is 4.26. The van der Waals surface area contributed by atoms with Gasteiger partial charge in [0.05, 0.1) is 13.2 Å². The molecule has 0 unspecified atom stereocenters. The minimum absolute atomic E-state index is 0.0443. The second kappa shape index (κ2) is 9.14. The molecule has 142 valence electrons. The minimum atomic E-state index is -0.236. The van der Waals surface area contributed by atoms with E-state index in [-0.39, 0.29) is 18.3 Å². The number of carbonyl (C=O) groups excluding carboxylic acids is 2. The van der Waals surface area contributed by atoms with Crippen molar-refractivity contribution >= 4 is 17.5 Å². The molecular weight excluding hydrogens is 346 g/mol. The van der Waals surface area contributed by atoms with Crippen molar-refractivity contribution < 1.29 is 19.1 Å². The fraction of sp³-hybridized carbons (Fsp3) is 0.350. The zero-order valence-electron chi connectivity index (χ0n) is 15.3. The second-order valence-electron chi connectivity index (χ2n) is 6.23. The topological polar surface area (TPSA) is 80.8 Å². The highest BCUT2D eigenvalue weighted by molar-refractivity contribution is 5.94. The van der Waals surface area contributed by atoms with Crippen LogP contribution in [0.2, 0.25) is 0 Å². The monoisotopic (exact) mass is 369 g/mol. The number of Topliss-reactive ketones (excluding diaryl/α,β-unsaturated/α-hetero) is 1. The van der Waals surface area contributed by atoms with Crippen molar-refractivity contribution in [3.63, 3.8) is 0 Å².